The molecule has 172 valence electrons. The Kier molecular flexibility index (Phi) is 8.88. The average Bonchev–Trinajstić information content (AvgIpc) is 2.93. The van der Waals surface area contributed by atoms with Gasteiger partial charge < -0.3 is 25.2 Å². The lowest BCUT2D eigenvalue weighted by Gasteiger charge is -2.35. The molecule has 0 saturated heterocycles. The summed E-state index contributed by atoms with van der Waals surface area (Å²) in [6, 6.07) is 2.02. The van der Waals surface area contributed by atoms with E-state index < -0.39 is 23.7 Å². The summed E-state index contributed by atoms with van der Waals surface area (Å²) in [6.07, 6.45) is -0.472. The van der Waals surface area contributed by atoms with Crippen LogP contribution in [-0.2, 0) is 39.8 Å². The van der Waals surface area contributed by atoms with Crippen LogP contribution in [0.15, 0.2) is 18.2 Å². The number of fused-ring (bicyclic) bond motifs is 2. The minimum Gasteiger partial charge on any atom is -0.478 e. The van der Waals surface area contributed by atoms with Crippen molar-refractivity contribution in [1.82, 2.24) is 5.32 Å². The summed E-state index contributed by atoms with van der Waals surface area (Å²) >= 11 is 0. The van der Waals surface area contributed by atoms with Crippen molar-refractivity contribution in [2.24, 2.45) is 0 Å². The van der Waals surface area contributed by atoms with Crippen molar-refractivity contribution >= 4 is 17.6 Å². The summed E-state index contributed by atoms with van der Waals surface area (Å²) in [6.45, 7) is 2.96. The van der Waals surface area contributed by atoms with E-state index in [1.54, 1.807) is 7.11 Å². The number of ether oxygens (including phenoxy) is 1. The molecule has 0 spiro atoms. The first-order valence-corrected chi connectivity index (χ1v) is 9.98. The van der Waals surface area contributed by atoms with Gasteiger partial charge in [0, 0.05) is 32.4 Å². The number of benzene rings is 1. The Morgan fingerprint density at radius 3 is 2.35 bits per heavy atom. The minimum absolute atomic E-state index is 0.399. The number of carboxylic acid groups (broad SMARTS) is 2. The highest BCUT2D eigenvalue weighted by Crippen LogP contribution is 2.45. The minimum atomic E-state index is -4.32. The molecular formula is C21H27F3N2O5. The van der Waals surface area contributed by atoms with Gasteiger partial charge in [-0.2, -0.15) is 13.2 Å². The predicted octanol–water partition coefficient (Wildman–Crippen LogP) is 2.50. The van der Waals surface area contributed by atoms with Crippen molar-refractivity contribution in [2.75, 3.05) is 44.8 Å². The lowest BCUT2D eigenvalue weighted by atomic mass is 9.88. The van der Waals surface area contributed by atoms with Gasteiger partial charge in [0.15, 0.2) is 0 Å². The maximum atomic E-state index is 13.9. The second-order valence-electron chi connectivity index (χ2n) is 7.24. The summed E-state index contributed by atoms with van der Waals surface area (Å²) in [5.74, 6) is -2.51. The van der Waals surface area contributed by atoms with Gasteiger partial charge in [-0.1, -0.05) is 6.07 Å². The normalized spacial score (nSPS) is 16.1. The molecule has 10 heteroatoms. The van der Waals surface area contributed by atoms with Crippen LogP contribution in [0.3, 0.4) is 0 Å². The molecule has 2 aliphatic heterocycles. The summed E-state index contributed by atoms with van der Waals surface area (Å²) in [5.41, 5.74) is 2.21. The molecule has 0 aromatic heterocycles. The summed E-state index contributed by atoms with van der Waals surface area (Å²) in [4.78, 5) is 21.0. The maximum Gasteiger partial charge on any atom is 0.418 e. The Balaban J connectivity index is 0.000000366. The molecule has 0 saturated carbocycles. The van der Waals surface area contributed by atoms with E-state index >= 15 is 0 Å². The lowest BCUT2D eigenvalue weighted by Crippen LogP contribution is -2.35. The SMILES string of the molecule is COCCN1CCCc2cc3c(c(C(F)(F)F)c21)CCNCC3.O=C(O)/C=C/C(=O)O. The van der Waals surface area contributed by atoms with Crippen molar-refractivity contribution in [3.05, 3.63) is 40.5 Å². The summed E-state index contributed by atoms with van der Waals surface area (Å²) < 4.78 is 46.8. The smallest absolute Gasteiger partial charge is 0.418 e. The molecule has 0 radical (unpaired) electrons. The van der Waals surface area contributed by atoms with Gasteiger partial charge in [0.25, 0.3) is 0 Å². The number of nitrogens with one attached hydrogen (secondary N) is 1. The highest BCUT2D eigenvalue weighted by molar-refractivity contribution is 5.89. The molecule has 31 heavy (non-hydrogen) atoms. The molecule has 2 heterocycles. The van der Waals surface area contributed by atoms with Gasteiger partial charge in [0.05, 0.1) is 17.9 Å². The summed E-state index contributed by atoms with van der Waals surface area (Å²) in [7, 11) is 1.58. The van der Waals surface area contributed by atoms with Crippen molar-refractivity contribution in [3.63, 3.8) is 0 Å². The standard InChI is InChI=1S/C17H23F3N2O.C4H4O4/c1-23-10-9-22-8-2-3-13-11-12-4-6-21-7-5-14(12)15(16(13)22)17(18,19)20;5-3(6)1-2-4(7)8/h11,21H,2-10H2,1H3;1-2H,(H,5,6)(H,7,8)/b;2-1+. The van der Waals surface area contributed by atoms with Crippen molar-refractivity contribution < 1.29 is 37.7 Å². The van der Waals surface area contributed by atoms with Gasteiger partial charge in [0.2, 0.25) is 0 Å². The molecule has 1 aromatic rings. The topological polar surface area (TPSA) is 99.1 Å². The van der Waals surface area contributed by atoms with Crippen LogP contribution in [-0.4, -0.2) is 62.0 Å². The molecule has 0 aliphatic carbocycles. The third-order valence-electron chi connectivity index (χ3n) is 5.11. The molecule has 3 rings (SSSR count). The molecule has 0 amide bonds. The number of alkyl halides is 3. The van der Waals surface area contributed by atoms with Gasteiger partial charge in [-0.25, -0.2) is 9.59 Å². The molecule has 1 aromatic carbocycles. The average molecular weight is 444 g/mol. The predicted molar refractivity (Wildman–Crippen MR) is 109 cm³/mol. The second-order valence-corrected chi connectivity index (χ2v) is 7.24. The number of carboxylic acids is 2. The van der Waals surface area contributed by atoms with Crippen LogP contribution in [0.5, 0.6) is 0 Å². The van der Waals surface area contributed by atoms with Crippen LogP contribution in [0.2, 0.25) is 0 Å². The van der Waals surface area contributed by atoms with Crippen molar-refractivity contribution in [1.29, 1.82) is 0 Å². The van der Waals surface area contributed by atoms with Crippen LogP contribution in [0.4, 0.5) is 18.9 Å². The Morgan fingerprint density at radius 2 is 1.77 bits per heavy atom. The number of hydrogen-bond acceptors (Lipinski definition) is 5. The Bertz CT molecular complexity index is 808. The number of halogens is 3. The monoisotopic (exact) mass is 444 g/mol. The molecular weight excluding hydrogens is 417 g/mol. The molecule has 0 bridgehead atoms. The van der Waals surface area contributed by atoms with Gasteiger partial charge in [-0.05, 0) is 55.5 Å². The number of rotatable bonds is 5. The molecule has 7 nitrogen and oxygen atoms in total. The van der Waals surface area contributed by atoms with E-state index in [4.69, 9.17) is 14.9 Å². The largest absolute Gasteiger partial charge is 0.478 e. The highest BCUT2D eigenvalue weighted by Gasteiger charge is 2.40. The summed E-state index contributed by atoms with van der Waals surface area (Å²) in [5, 5.41) is 18.8. The maximum absolute atomic E-state index is 13.9. The quantitative estimate of drug-likeness (QED) is 0.600. The Hall–Kier alpha value is -2.59. The second kappa shape index (κ2) is 11.1. The first-order valence-electron chi connectivity index (χ1n) is 9.98. The van der Waals surface area contributed by atoms with E-state index in [1.165, 1.54) is 0 Å². The van der Waals surface area contributed by atoms with E-state index in [2.05, 4.69) is 5.32 Å². The molecule has 0 atom stereocenters. The third-order valence-corrected chi connectivity index (χ3v) is 5.11. The van der Waals surface area contributed by atoms with E-state index in [9.17, 15) is 22.8 Å². The van der Waals surface area contributed by atoms with Crippen LogP contribution in [0.25, 0.3) is 0 Å². The molecule has 2 aliphatic rings. The number of nitrogens with zero attached hydrogens (tertiary/aromatic N) is 1. The zero-order valence-corrected chi connectivity index (χ0v) is 17.3. The van der Waals surface area contributed by atoms with Crippen LogP contribution < -0.4 is 10.2 Å². The van der Waals surface area contributed by atoms with Gasteiger partial charge in [0.1, 0.15) is 0 Å². The highest BCUT2D eigenvalue weighted by atomic mass is 19.4. The Labute approximate surface area is 178 Å². The number of aryl methyl sites for hydroxylation is 1. The van der Waals surface area contributed by atoms with Gasteiger partial charge >= 0.3 is 18.1 Å². The lowest BCUT2D eigenvalue weighted by molar-refractivity contribution is -0.138. The fraction of sp³-hybridized carbons (Fsp3) is 0.524. The zero-order chi connectivity index (χ0) is 23.0. The number of hydrogen-bond donors (Lipinski definition) is 3. The zero-order valence-electron chi connectivity index (χ0n) is 17.3. The molecule has 0 unspecified atom stereocenters. The fourth-order valence-electron chi connectivity index (χ4n) is 3.90. The van der Waals surface area contributed by atoms with E-state index in [1.807, 2.05) is 11.0 Å². The number of aliphatic carboxylic acids is 2. The number of carbonyl (C=O) groups is 2. The first-order chi connectivity index (χ1) is 14.6. The molecule has 0 fully saturated rings. The van der Waals surface area contributed by atoms with Crippen LogP contribution in [0, 0.1) is 0 Å². The van der Waals surface area contributed by atoms with E-state index in [0.29, 0.717) is 62.5 Å². The number of methoxy groups -OCH3 is 1. The van der Waals surface area contributed by atoms with Gasteiger partial charge in [-0.15, -0.1) is 0 Å². The third kappa shape index (κ3) is 6.96. The first kappa shape index (κ1) is 24.7. The van der Waals surface area contributed by atoms with Crippen molar-refractivity contribution in [2.45, 2.75) is 31.9 Å². The van der Waals surface area contributed by atoms with Gasteiger partial charge in [-0.3, -0.25) is 0 Å². The number of anilines is 1. The fourth-order valence-corrected chi connectivity index (χ4v) is 3.90. The van der Waals surface area contributed by atoms with Crippen LogP contribution in [0.1, 0.15) is 28.7 Å². The molecule has 3 N–H and O–H groups in total. The van der Waals surface area contributed by atoms with E-state index in [0.717, 1.165) is 30.5 Å². The Morgan fingerprint density at radius 1 is 1.13 bits per heavy atom. The van der Waals surface area contributed by atoms with Crippen LogP contribution >= 0.6 is 0 Å². The van der Waals surface area contributed by atoms with E-state index in [-0.39, 0.29) is 0 Å². The van der Waals surface area contributed by atoms with Crippen molar-refractivity contribution in [3.8, 4) is 0 Å².